The average Bonchev–Trinajstić information content (AvgIpc) is 2.75. The highest BCUT2D eigenvalue weighted by molar-refractivity contribution is 6.00. The second kappa shape index (κ2) is 4.52. The van der Waals surface area contributed by atoms with Gasteiger partial charge in [-0.3, -0.25) is 4.79 Å². The van der Waals surface area contributed by atoms with Crippen LogP contribution in [0.5, 0.6) is 0 Å². The fourth-order valence-electron chi connectivity index (χ4n) is 1.33. The van der Waals surface area contributed by atoms with E-state index in [-0.39, 0.29) is 6.54 Å². The quantitative estimate of drug-likeness (QED) is 0.737. The third-order valence-electron chi connectivity index (χ3n) is 2.04. The molecule has 0 aliphatic heterocycles. The van der Waals surface area contributed by atoms with Crippen molar-refractivity contribution in [3.63, 3.8) is 0 Å². The lowest BCUT2D eigenvalue weighted by atomic mass is 10.3. The van der Waals surface area contributed by atoms with Gasteiger partial charge in [0.15, 0.2) is 0 Å². The first-order valence-corrected chi connectivity index (χ1v) is 4.75. The molecule has 0 aromatic carbocycles. The first-order chi connectivity index (χ1) is 8.16. The largest absolute Gasteiger partial charge is 0.465 e. The van der Waals surface area contributed by atoms with Crippen LogP contribution in [0.2, 0.25) is 0 Å². The third kappa shape index (κ3) is 2.51. The summed E-state index contributed by atoms with van der Waals surface area (Å²) in [4.78, 5) is 25.6. The van der Waals surface area contributed by atoms with Gasteiger partial charge in [-0.2, -0.15) is 0 Å². The average molecular weight is 235 g/mol. The number of carbonyl (C=O) groups excluding carboxylic acids is 1. The van der Waals surface area contributed by atoms with Crippen molar-refractivity contribution in [3.8, 4) is 0 Å². The smallest absolute Gasteiger partial charge is 0.405 e. The van der Waals surface area contributed by atoms with E-state index in [1.165, 1.54) is 12.5 Å². The minimum absolute atomic E-state index is 0.309. The SMILES string of the molecule is O=C(O)NCC(=O)Nc1ccnc2occc12. The lowest BCUT2D eigenvalue weighted by molar-refractivity contribution is -0.115. The van der Waals surface area contributed by atoms with E-state index in [4.69, 9.17) is 9.52 Å². The highest BCUT2D eigenvalue weighted by Gasteiger charge is 2.08. The number of carboxylic acid groups (broad SMARTS) is 1. The van der Waals surface area contributed by atoms with Crippen molar-refractivity contribution in [3.05, 3.63) is 24.6 Å². The van der Waals surface area contributed by atoms with E-state index in [1.54, 1.807) is 12.1 Å². The molecule has 2 heterocycles. The van der Waals surface area contributed by atoms with E-state index >= 15 is 0 Å². The summed E-state index contributed by atoms with van der Waals surface area (Å²) in [7, 11) is 0. The Bertz CT molecular complexity index is 563. The Labute approximate surface area is 95.4 Å². The third-order valence-corrected chi connectivity index (χ3v) is 2.04. The molecule has 0 radical (unpaired) electrons. The molecular weight excluding hydrogens is 226 g/mol. The standard InChI is InChI=1S/C10H9N3O4/c14-8(5-12-10(15)16)13-7-1-3-11-9-6(7)2-4-17-9/h1-4,12H,5H2,(H,15,16)(H,11,13,14). The van der Waals surface area contributed by atoms with Crippen LogP contribution in [0, 0.1) is 0 Å². The van der Waals surface area contributed by atoms with Gasteiger partial charge < -0.3 is 20.2 Å². The van der Waals surface area contributed by atoms with E-state index in [0.717, 1.165) is 0 Å². The van der Waals surface area contributed by atoms with Crippen molar-refractivity contribution in [2.24, 2.45) is 0 Å². The van der Waals surface area contributed by atoms with E-state index < -0.39 is 12.0 Å². The van der Waals surface area contributed by atoms with Gasteiger partial charge in [-0.1, -0.05) is 0 Å². The van der Waals surface area contributed by atoms with Crippen molar-refractivity contribution in [2.45, 2.75) is 0 Å². The normalized spacial score (nSPS) is 10.1. The second-order valence-electron chi connectivity index (χ2n) is 3.20. The Morgan fingerprint density at radius 2 is 2.24 bits per heavy atom. The number of fused-ring (bicyclic) bond motifs is 1. The number of hydrogen-bond acceptors (Lipinski definition) is 4. The highest BCUT2D eigenvalue weighted by Crippen LogP contribution is 2.21. The summed E-state index contributed by atoms with van der Waals surface area (Å²) in [6.45, 7) is -0.309. The van der Waals surface area contributed by atoms with Gasteiger partial charge in [0, 0.05) is 6.20 Å². The molecule has 0 atom stereocenters. The highest BCUT2D eigenvalue weighted by atomic mass is 16.4. The van der Waals surface area contributed by atoms with E-state index in [2.05, 4.69) is 10.3 Å². The zero-order valence-corrected chi connectivity index (χ0v) is 8.64. The van der Waals surface area contributed by atoms with Crippen molar-refractivity contribution in [2.75, 3.05) is 11.9 Å². The van der Waals surface area contributed by atoms with Crippen LogP contribution in [0.25, 0.3) is 11.1 Å². The van der Waals surface area contributed by atoms with Crippen molar-refractivity contribution >= 4 is 28.8 Å². The van der Waals surface area contributed by atoms with E-state index in [0.29, 0.717) is 16.8 Å². The van der Waals surface area contributed by atoms with Crippen LogP contribution in [-0.4, -0.2) is 28.6 Å². The number of nitrogens with zero attached hydrogens (tertiary/aromatic N) is 1. The first-order valence-electron chi connectivity index (χ1n) is 4.75. The Morgan fingerprint density at radius 3 is 3.00 bits per heavy atom. The van der Waals surface area contributed by atoms with Gasteiger partial charge >= 0.3 is 6.09 Å². The maximum Gasteiger partial charge on any atom is 0.405 e. The molecule has 0 fully saturated rings. The summed E-state index contributed by atoms with van der Waals surface area (Å²) >= 11 is 0. The molecule has 0 spiro atoms. The number of aromatic nitrogens is 1. The first kappa shape index (κ1) is 10.9. The predicted molar refractivity (Wildman–Crippen MR) is 58.7 cm³/mol. The predicted octanol–water partition coefficient (Wildman–Crippen LogP) is 1.03. The summed E-state index contributed by atoms with van der Waals surface area (Å²) in [6.07, 6.45) is 1.71. The van der Waals surface area contributed by atoms with Gasteiger partial charge in [-0.15, -0.1) is 0 Å². The van der Waals surface area contributed by atoms with Gasteiger partial charge in [0.25, 0.3) is 0 Å². The van der Waals surface area contributed by atoms with Gasteiger partial charge in [0.05, 0.1) is 17.3 Å². The molecule has 2 rings (SSSR count). The number of anilines is 1. The summed E-state index contributed by atoms with van der Waals surface area (Å²) in [6, 6.07) is 3.28. The lowest BCUT2D eigenvalue weighted by Crippen LogP contribution is -2.31. The van der Waals surface area contributed by atoms with Crippen molar-refractivity contribution in [1.29, 1.82) is 0 Å². The number of nitrogens with one attached hydrogen (secondary N) is 2. The molecule has 0 bridgehead atoms. The molecule has 0 aliphatic rings. The summed E-state index contributed by atoms with van der Waals surface area (Å²) < 4.78 is 5.07. The van der Waals surface area contributed by atoms with Gasteiger partial charge in [-0.05, 0) is 12.1 Å². The fourth-order valence-corrected chi connectivity index (χ4v) is 1.33. The number of furan rings is 1. The molecule has 0 saturated heterocycles. The lowest BCUT2D eigenvalue weighted by Gasteiger charge is -2.05. The minimum atomic E-state index is -1.25. The van der Waals surface area contributed by atoms with Crippen LogP contribution in [-0.2, 0) is 4.79 Å². The molecule has 0 saturated carbocycles. The fraction of sp³-hybridized carbons (Fsp3) is 0.100. The molecule has 88 valence electrons. The van der Waals surface area contributed by atoms with Crippen LogP contribution >= 0.6 is 0 Å². The van der Waals surface area contributed by atoms with Crippen molar-refractivity contribution in [1.82, 2.24) is 10.3 Å². The number of carbonyl (C=O) groups is 2. The molecular formula is C10H9N3O4. The summed E-state index contributed by atoms with van der Waals surface area (Å²) in [5, 5.41) is 13.5. The van der Waals surface area contributed by atoms with Crippen molar-refractivity contribution < 1.29 is 19.1 Å². The molecule has 7 nitrogen and oxygen atoms in total. The maximum atomic E-state index is 11.4. The number of amides is 2. The minimum Gasteiger partial charge on any atom is -0.465 e. The molecule has 0 unspecified atom stereocenters. The van der Waals surface area contributed by atoms with Crippen LogP contribution in [0.3, 0.4) is 0 Å². The van der Waals surface area contributed by atoms with E-state index in [1.807, 2.05) is 5.32 Å². The zero-order chi connectivity index (χ0) is 12.3. The topological polar surface area (TPSA) is 104 Å². The van der Waals surface area contributed by atoms with Crippen LogP contribution < -0.4 is 10.6 Å². The zero-order valence-electron chi connectivity index (χ0n) is 8.64. The molecule has 7 heteroatoms. The molecule has 2 aromatic rings. The molecule has 17 heavy (non-hydrogen) atoms. The van der Waals surface area contributed by atoms with Gasteiger partial charge in [0.1, 0.15) is 6.54 Å². The Hall–Kier alpha value is -2.57. The summed E-state index contributed by atoms with van der Waals surface area (Å²) in [5.74, 6) is -0.457. The second-order valence-corrected chi connectivity index (χ2v) is 3.20. The van der Waals surface area contributed by atoms with Gasteiger partial charge in [-0.25, -0.2) is 9.78 Å². The van der Waals surface area contributed by atoms with E-state index in [9.17, 15) is 9.59 Å². The molecule has 0 aliphatic carbocycles. The Morgan fingerprint density at radius 1 is 1.41 bits per heavy atom. The van der Waals surface area contributed by atoms with Gasteiger partial charge in [0.2, 0.25) is 11.6 Å². The van der Waals surface area contributed by atoms with Crippen LogP contribution in [0.1, 0.15) is 0 Å². The summed E-state index contributed by atoms with van der Waals surface area (Å²) in [5.41, 5.74) is 0.940. The molecule has 2 aromatic heterocycles. The van der Waals surface area contributed by atoms with Crippen LogP contribution in [0.4, 0.5) is 10.5 Å². The Kier molecular flexibility index (Phi) is 2.91. The maximum absolute atomic E-state index is 11.4. The van der Waals surface area contributed by atoms with Crippen LogP contribution in [0.15, 0.2) is 29.0 Å². The monoisotopic (exact) mass is 235 g/mol. The number of hydrogen-bond donors (Lipinski definition) is 3. The number of pyridine rings is 1. The molecule has 2 amide bonds. The Balaban J connectivity index is 2.10. The number of rotatable bonds is 3. The molecule has 3 N–H and O–H groups in total.